The number of rotatable bonds is 4. The molecule has 2 nitrogen and oxygen atoms in total. The molecule has 0 saturated heterocycles. The Morgan fingerprint density at radius 1 is 1.29 bits per heavy atom. The molecule has 0 radical (unpaired) electrons. The van der Waals surface area contributed by atoms with E-state index in [1.165, 1.54) is 5.56 Å². The number of aliphatic imine (C=N–C) groups is 1. The van der Waals surface area contributed by atoms with Crippen molar-refractivity contribution in [1.29, 1.82) is 0 Å². The van der Waals surface area contributed by atoms with Gasteiger partial charge in [0.25, 0.3) is 0 Å². The number of hydrogen-bond acceptors (Lipinski definition) is 2. The molecule has 1 unspecified atom stereocenters. The van der Waals surface area contributed by atoms with Crippen LogP contribution in [0.3, 0.4) is 0 Å². The fourth-order valence-corrected chi connectivity index (χ4v) is 2.52. The topological polar surface area (TPSA) is 32.6 Å². The Balaban J connectivity index is 2.39. The van der Waals surface area contributed by atoms with Gasteiger partial charge in [0.2, 0.25) is 0 Å². The predicted octanol–water partition coefficient (Wildman–Crippen LogP) is 5.62. The standard InChI is InChI=1S/C18H20ClNO/c1-4-13(3)15-7-5-6-8-17(15)20-11-14-9-12(2)10-16(19)18(14)21/h5-11,13,21H,4H2,1-3H3. The summed E-state index contributed by atoms with van der Waals surface area (Å²) >= 11 is 5.99. The molecule has 1 N–H and O–H groups in total. The number of aryl methyl sites for hydroxylation is 1. The van der Waals surface area contributed by atoms with E-state index >= 15 is 0 Å². The minimum Gasteiger partial charge on any atom is -0.506 e. The van der Waals surface area contributed by atoms with Crippen molar-refractivity contribution in [1.82, 2.24) is 0 Å². The molecule has 0 fully saturated rings. The lowest BCUT2D eigenvalue weighted by molar-refractivity contribution is 0.474. The second kappa shape index (κ2) is 6.77. The van der Waals surface area contributed by atoms with Crippen LogP contribution >= 0.6 is 11.6 Å². The van der Waals surface area contributed by atoms with Crippen LogP contribution in [0.4, 0.5) is 5.69 Å². The van der Waals surface area contributed by atoms with Crippen molar-refractivity contribution in [3.63, 3.8) is 0 Å². The van der Waals surface area contributed by atoms with E-state index in [4.69, 9.17) is 11.6 Å². The molecule has 110 valence electrons. The van der Waals surface area contributed by atoms with Crippen molar-refractivity contribution in [2.45, 2.75) is 33.1 Å². The van der Waals surface area contributed by atoms with Crippen molar-refractivity contribution < 1.29 is 5.11 Å². The second-order valence-electron chi connectivity index (χ2n) is 5.31. The lowest BCUT2D eigenvalue weighted by Crippen LogP contribution is -1.92. The lowest BCUT2D eigenvalue weighted by atomic mass is 9.97. The van der Waals surface area contributed by atoms with Gasteiger partial charge in [-0.05, 0) is 48.6 Å². The highest BCUT2D eigenvalue weighted by molar-refractivity contribution is 6.32. The van der Waals surface area contributed by atoms with Crippen LogP contribution in [-0.4, -0.2) is 11.3 Å². The molecule has 2 rings (SSSR count). The Morgan fingerprint density at radius 2 is 2.00 bits per heavy atom. The van der Waals surface area contributed by atoms with Gasteiger partial charge in [0.1, 0.15) is 5.75 Å². The van der Waals surface area contributed by atoms with Crippen molar-refractivity contribution in [3.8, 4) is 5.75 Å². The van der Waals surface area contributed by atoms with Crippen molar-refractivity contribution in [2.75, 3.05) is 0 Å². The van der Waals surface area contributed by atoms with Gasteiger partial charge in [-0.25, -0.2) is 0 Å². The van der Waals surface area contributed by atoms with Crippen molar-refractivity contribution >= 4 is 23.5 Å². The number of benzene rings is 2. The maximum Gasteiger partial charge on any atom is 0.142 e. The number of hydrogen-bond donors (Lipinski definition) is 1. The van der Waals surface area contributed by atoms with E-state index < -0.39 is 0 Å². The van der Waals surface area contributed by atoms with Crippen LogP contribution in [0.25, 0.3) is 0 Å². The molecule has 0 aromatic heterocycles. The number of nitrogens with zero attached hydrogens (tertiary/aromatic N) is 1. The highest BCUT2D eigenvalue weighted by Gasteiger charge is 2.08. The minimum atomic E-state index is 0.0760. The Hall–Kier alpha value is -1.80. The summed E-state index contributed by atoms with van der Waals surface area (Å²) in [6, 6.07) is 11.7. The molecule has 0 bridgehead atoms. The third-order valence-corrected chi connectivity index (χ3v) is 3.95. The number of para-hydroxylation sites is 1. The molecule has 3 heteroatoms. The summed E-state index contributed by atoms with van der Waals surface area (Å²) in [6.45, 7) is 6.29. The Labute approximate surface area is 131 Å². The largest absolute Gasteiger partial charge is 0.506 e. The van der Waals surface area contributed by atoms with Crippen LogP contribution in [0, 0.1) is 6.92 Å². The molecule has 1 atom stereocenters. The summed E-state index contributed by atoms with van der Waals surface area (Å²) in [4.78, 5) is 4.54. The summed E-state index contributed by atoms with van der Waals surface area (Å²) in [5.74, 6) is 0.528. The third kappa shape index (κ3) is 3.64. The highest BCUT2D eigenvalue weighted by Crippen LogP contribution is 2.31. The molecule has 0 amide bonds. The van der Waals surface area contributed by atoms with Crippen LogP contribution in [0.2, 0.25) is 5.02 Å². The smallest absolute Gasteiger partial charge is 0.142 e. The SMILES string of the molecule is CCC(C)c1ccccc1N=Cc1cc(C)cc(Cl)c1O. The zero-order valence-corrected chi connectivity index (χ0v) is 13.4. The van der Waals surface area contributed by atoms with E-state index in [0.29, 0.717) is 16.5 Å². The number of phenols is 1. The first-order chi connectivity index (χ1) is 10.0. The molecule has 0 aliphatic carbocycles. The van der Waals surface area contributed by atoms with Gasteiger partial charge in [-0.15, -0.1) is 0 Å². The monoisotopic (exact) mass is 301 g/mol. The normalized spacial score (nSPS) is 12.8. The molecule has 0 saturated carbocycles. The average Bonchev–Trinajstić information content (AvgIpc) is 2.49. The summed E-state index contributed by atoms with van der Waals surface area (Å²) in [6.07, 6.45) is 2.74. The second-order valence-corrected chi connectivity index (χ2v) is 5.72. The number of halogens is 1. The molecule has 2 aromatic carbocycles. The van der Waals surface area contributed by atoms with Crippen LogP contribution in [0.5, 0.6) is 5.75 Å². The van der Waals surface area contributed by atoms with Gasteiger partial charge < -0.3 is 5.11 Å². The van der Waals surface area contributed by atoms with E-state index in [1.54, 1.807) is 12.3 Å². The first-order valence-corrected chi connectivity index (χ1v) is 7.52. The molecule has 0 heterocycles. The van der Waals surface area contributed by atoms with Gasteiger partial charge in [0.15, 0.2) is 0 Å². The maximum absolute atomic E-state index is 10.0. The number of phenolic OH excluding ortho intramolecular Hbond substituents is 1. The zero-order valence-electron chi connectivity index (χ0n) is 12.6. The first-order valence-electron chi connectivity index (χ1n) is 7.15. The minimum absolute atomic E-state index is 0.0760. The summed E-state index contributed by atoms with van der Waals surface area (Å²) in [5.41, 5.74) is 3.78. The fraction of sp³-hybridized carbons (Fsp3) is 0.278. The van der Waals surface area contributed by atoms with E-state index in [1.807, 2.05) is 31.2 Å². The Kier molecular flexibility index (Phi) is 5.03. The molecule has 2 aromatic rings. The van der Waals surface area contributed by atoms with Gasteiger partial charge >= 0.3 is 0 Å². The van der Waals surface area contributed by atoms with Gasteiger partial charge in [-0.3, -0.25) is 4.99 Å². The summed E-state index contributed by atoms with van der Waals surface area (Å²) in [5, 5.41) is 10.4. The summed E-state index contributed by atoms with van der Waals surface area (Å²) in [7, 11) is 0. The quantitative estimate of drug-likeness (QED) is 0.731. The van der Waals surface area contributed by atoms with Gasteiger partial charge in [-0.2, -0.15) is 0 Å². The van der Waals surface area contributed by atoms with Crippen LogP contribution in [0.1, 0.15) is 42.9 Å². The lowest BCUT2D eigenvalue weighted by Gasteiger charge is -2.11. The van der Waals surface area contributed by atoms with Crippen molar-refractivity contribution in [2.24, 2.45) is 4.99 Å². The molecule has 0 aliphatic heterocycles. The van der Waals surface area contributed by atoms with Gasteiger partial charge in [0, 0.05) is 11.8 Å². The molecule has 0 spiro atoms. The molecule has 21 heavy (non-hydrogen) atoms. The van der Waals surface area contributed by atoms with Gasteiger partial charge in [0.05, 0.1) is 10.7 Å². The van der Waals surface area contributed by atoms with Crippen LogP contribution < -0.4 is 0 Å². The molecular weight excluding hydrogens is 282 g/mol. The molecular formula is C18H20ClNO. The van der Waals surface area contributed by atoms with Crippen LogP contribution in [0.15, 0.2) is 41.4 Å². The van der Waals surface area contributed by atoms with E-state index in [2.05, 4.69) is 24.9 Å². The Bertz CT molecular complexity index is 664. The maximum atomic E-state index is 10.0. The highest BCUT2D eigenvalue weighted by atomic mass is 35.5. The fourth-order valence-electron chi connectivity index (χ4n) is 2.24. The zero-order chi connectivity index (χ0) is 15.4. The predicted molar refractivity (Wildman–Crippen MR) is 90.3 cm³/mol. The van der Waals surface area contributed by atoms with Gasteiger partial charge in [-0.1, -0.05) is 43.6 Å². The Morgan fingerprint density at radius 3 is 2.71 bits per heavy atom. The van der Waals surface area contributed by atoms with Crippen LogP contribution in [-0.2, 0) is 0 Å². The first kappa shape index (κ1) is 15.6. The molecule has 0 aliphatic rings. The van der Waals surface area contributed by atoms with E-state index in [-0.39, 0.29) is 5.75 Å². The summed E-state index contributed by atoms with van der Waals surface area (Å²) < 4.78 is 0. The van der Waals surface area contributed by atoms with Crippen molar-refractivity contribution in [3.05, 3.63) is 58.1 Å². The third-order valence-electron chi connectivity index (χ3n) is 3.66. The van der Waals surface area contributed by atoms with E-state index in [9.17, 15) is 5.11 Å². The number of aromatic hydroxyl groups is 1. The average molecular weight is 302 g/mol. The van der Waals surface area contributed by atoms with E-state index in [0.717, 1.165) is 17.7 Å².